The number of rotatable bonds is 8. The van der Waals surface area contributed by atoms with Gasteiger partial charge < -0.3 is 40.9 Å². The van der Waals surface area contributed by atoms with E-state index < -0.39 is 0 Å². The van der Waals surface area contributed by atoms with Gasteiger partial charge in [-0.1, -0.05) is 235 Å². The molecule has 16 atom stereocenters. The topological polar surface area (TPSA) is 162 Å². The molecule has 0 aromatic carbocycles. The molecule has 0 aliphatic heterocycles. The van der Waals surface area contributed by atoms with Crippen molar-refractivity contribution >= 4 is 0 Å². The predicted octanol–water partition coefficient (Wildman–Crippen LogP) is 22.6. The summed E-state index contributed by atoms with van der Waals surface area (Å²) < 4.78 is 0. The number of allylic oxidation sites excluding steroid dienone is 4. The van der Waals surface area contributed by atoms with Crippen molar-refractivity contribution in [2.45, 2.75) is 377 Å². The van der Waals surface area contributed by atoms with Gasteiger partial charge in [-0.3, -0.25) is 0 Å². The quantitative estimate of drug-likeness (QED) is 0.111. The number of aliphatic hydroxyl groups excluding tert-OH is 8. The lowest BCUT2D eigenvalue weighted by Gasteiger charge is -2.43. The molecule has 8 aliphatic rings. The van der Waals surface area contributed by atoms with E-state index in [1.54, 1.807) is 0 Å². The summed E-state index contributed by atoms with van der Waals surface area (Å²) in [5.41, 5.74) is 11.3. The summed E-state index contributed by atoms with van der Waals surface area (Å²) in [6, 6.07) is 0. The lowest BCUT2D eigenvalue weighted by atomic mass is 9.65. The van der Waals surface area contributed by atoms with Crippen molar-refractivity contribution in [3.8, 4) is 0 Å². The molecule has 0 spiro atoms. The van der Waals surface area contributed by atoms with E-state index >= 15 is 0 Å². The second-order valence-corrected chi connectivity index (χ2v) is 38.7. The third kappa shape index (κ3) is 31.6. The standard InChI is InChI=1S/8C11H20O.CH4/c1-8(2)9-5-10(12)7-11(3,4)6-9;1-8(2)9-7-11(3,4)6-5-10(9)12;1-8(2)9-5-6-11(3,4)7-10(9)12;1-8(2)10-7-9(12)5-6-11(10,3)4;1-8(2)9-5-6-11(3,4)10(12)7-9;1-8(2)10-9(12)6-5-7-11(10,3)4;1-8(2)9-6-5-7-11(3,4)10(9)12;1-8(2)9-6-5-7-10(12)11(9,3)4;/h8*9-10,12H,1,5-7H2,2-4H3;1H4. The number of hydrogen-bond acceptors (Lipinski definition) is 8. The summed E-state index contributed by atoms with van der Waals surface area (Å²) >= 11 is 0. The highest BCUT2D eigenvalue weighted by atomic mass is 16.3. The molecule has 0 radical (unpaired) electrons. The molecule has 16 unspecified atom stereocenters. The van der Waals surface area contributed by atoms with E-state index in [9.17, 15) is 40.9 Å². The maximum Gasteiger partial charge on any atom is 0.0656 e. The second-order valence-electron chi connectivity index (χ2n) is 38.7. The average Bonchev–Trinajstić information content (AvgIpc) is 0.897. The Morgan fingerprint density at radius 3 is 1.19 bits per heavy atom. The van der Waals surface area contributed by atoms with Crippen LogP contribution in [0, 0.1) is 90.7 Å². The second kappa shape index (κ2) is 40.0. The van der Waals surface area contributed by atoms with Crippen LogP contribution in [0.1, 0.15) is 328 Å². The van der Waals surface area contributed by atoms with Crippen LogP contribution >= 0.6 is 0 Å². The Morgan fingerprint density at radius 2 is 0.784 bits per heavy atom. The molecular formula is C89H164O8. The molecule has 0 amide bonds. The summed E-state index contributed by atoms with van der Waals surface area (Å²) in [4.78, 5) is 0. The van der Waals surface area contributed by atoms with E-state index in [0.717, 1.165) is 138 Å². The predicted molar refractivity (Wildman–Crippen MR) is 422 cm³/mol. The molecule has 8 saturated carbocycles. The molecule has 0 heterocycles. The highest BCUT2D eigenvalue weighted by molar-refractivity contribution is 5.11. The molecule has 0 bridgehead atoms. The molecule has 0 saturated heterocycles. The monoisotopic (exact) mass is 1360 g/mol. The Labute approximate surface area is 602 Å². The summed E-state index contributed by atoms with van der Waals surface area (Å²) in [5, 5.41) is 78.1. The molecule has 8 nitrogen and oxygen atoms in total. The van der Waals surface area contributed by atoms with Crippen LogP contribution in [0.4, 0.5) is 0 Å². The molecule has 0 aromatic rings. The Balaban J connectivity index is 0.00000108. The highest BCUT2D eigenvalue weighted by Gasteiger charge is 2.43. The van der Waals surface area contributed by atoms with Crippen molar-refractivity contribution in [1.82, 2.24) is 0 Å². The minimum atomic E-state index is -0.191. The summed E-state index contributed by atoms with van der Waals surface area (Å²) in [7, 11) is 0. The first-order valence-corrected chi connectivity index (χ1v) is 38.2. The summed E-state index contributed by atoms with van der Waals surface area (Å²) in [6.45, 7) is 83.4. The molecule has 8 rings (SSSR count). The van der Waals surface area contributed by atoms with Gasteiger partial charge in [0, 0.05) is 23.7 Å². The summed E-state index contributed by atoms with van der Waals surface area (Å²) in [6.07, 6.45) is 24.5. The van der Waals surface area contributed by atoms with Crippen molar-refractivity contribution in [2.24, 2.45) is 90.7 Å². The normalized spacial score (nSPS) is 34.3. The van der Waals surface area contributed by atoms with Crippen molar-refractivity contribution in [1.29, 1.82) is 0 Å². The first kappa shape index (κ1) is 94.6. The largest absolute Gasteiger partial charge is 0.393 e. The fraction of sp³-hybridized carbons (Fsp3) is 0.820. The first-order chi connectivity index (χ1) is 43.5. The molecule has 568 valence electrons. The zero-order valence-corrected chi connectivity index (χ0v) is 67.4. The van der Waals surface area contributed by atoms with Crippen LogP contribution in [-0.2, 0) is 0 Å². The first-order valence-electron chi connectivity index (χ1n) is 38.2. The zero-order valence-electron chi connectivity index (χ0n) is 67.4. The Kier molecular flexibility index (Phi) is 39.0. The third-order valence-corrected chi connectivity index (χ3v) is 24.8. The Morgan fingerprint density at radius 1 is 0.299 bits per heavy atom. The van der Waals surface area contributed by atoms with E-state index in [0.29, 0.717) is 69.0 Å². The lowest BCUT2D eigenvalue weighted by Crippen LogP contribution is -2.40. The molecular weight excluding hydrogens is 1200 g/mol. The van der Waals surface area contributed by atoms with Crippen LogP contribution in [0.15, 0.2) is 97.2 Å². The van der Waals surface area contributed by atoms with E-state index in [1.165, 1.54) is 60.8 Å². The van der Waals surface area contributed by atoms with Gasteiger partial charge >= 0.3 is 0 Å². The van der Waals surface area contributed by atoms with E-state index in [2.05, 4.69) is 191 Å². The van der Waals surface area contributed by atoms with Crippen molar-refractivity contribution < 1.29 is 40.9 Å². The van der Waals surface area contributed by atoms with Gasteiger partial charge in [-0.05, 0) is 257 Å². The Hall–Kier alpha value is -2.40. The van der Waals surface area contributed by atoms with Crippen LogP contribution in [0.5, 0.6) is 0 Å². The molecule has 8 N–H and O–H groups in total. The van der Waals surface area contributed by atoms with Gasteiger partial charge in [-0.15, -0.1) is 0 Å². The van der Waals surface area contributed by atoms with Crippen LogP contribution in [0.3, 0.4) is 0 Å². The van der Waals surface area contributed by atoms with Crippen LogP contribution in [-0.4, -0.2) is 89.7 Å². The smallest absolute Gasteiger partial charge is 0.0656 e. The minimum Gasteiger partial charge on any atom is -0.393 e. The van der Waals surface area contributed by atoms with Gasteiger partial charge in [0.25, 0.3) is 0 Å². The minimum absolute atomic E-state index is 0. The van der Waals surface area contributed by atoms with E-state index in [-0.39, 0.29) is 77.9 Å². The van der Waals surface area contributed by atoms with Crippen LogP contribution in [0.25, 0.3) is 0 Å². The van der Waals surface area contributed by atoms with Gasteiger partial charge in [-0.25, -0.2) is 0 Å². The Bertz CT molecular complexity index is 2440. The molecule has 8 fully saturated rings. The fourth-order valence-corrected chi connectivity index (χ4v) is 17.7. The van der Waals surface area contributed by atoms with Gasteiger partial charge in [0.2, 0.25) is 0 Å². The SMILES string of the molecule is C.C=C(C)C1C(O)CCCC1(C)C.C=C(C)C1CC(C)(C)CCC1O.C=C(C)C1CC(O)CC(C)(C)C1.C=C(C)C1CC(O)CCC1(C)C.C=C(C)C1CCC(C)(C)C(O)C1.C=C(C)C1CCC(C)(C)CC1O.C=C(C)C1CCCC(C)(C)C1O.C=C(C)C1CCCC(O)C1(C)C. The maximum absolute atomic E-state index is 10.0. The average molecular weight is 1360 g/mol. The third-order valence-electron chi connectivity index (χ3n) is 24.8. The van der Waals surface area contributed by atoms with Crippen LogP contribution < -0.4 is 0 Å². The fourth-order valence-electron chi connectivity index (χ4n) is 17.7. The number of aliphatic hydroxyl groups is 8. The molecule has 8 heteroatoms. The zero-order chi connectivity index (χ0) is 74.8. The van der Waals surface area contributed by atoms with Gasteiger partial charge in [-0.2, -0.15) is 0 Å². The lowest BCUT2D eigenvalue weighted by molar-refractivity contribution is -0.0191. The van der Waals surface area contributed by atoms with Crippen molar-refractivity contribution in [3.63, 3.8) is 0 Å². The molecule has 97 heavy (non-hydrogen) atoms. The molecule has 0 aromatic heterocycles. The summed E-state index contributed by atoms with van der Waals surface area (Å²) in [5.74, 6) is 3.38. The van der Waals surface area contributed by atoms with Gasteiger partial charge in [0.1, 0.15) is 0 Å². The van der Waals surface area contributed by atoms with Gasteiger partial charge in [0.05, 0.1) is 48.8 Å². The van der Waals surface area contributed by atoms with E-state index in [1.807, 2.05) is 27.7 Å². The van der Waals surface area contributed by atoms with E-state index in [4.69, 9.17) is 0 Å². The van der Waals surface area contributed by atoms with Crippen LogP contribution in [0.2, 0.25) is 0 Å². The highest BCUT2D eigenvalue weighted by Crippen LogP contribution is 2.49. The van der Waals surface area contributed by atoms with Gasteiger partial charge in [0.15, 0.2) is 0 Å². The molecule has 8 aliphatic carbocycles. The van der Waals surface area contributed by atoms with Crippen molar-refractivity contribution in [3.05, 3.63) is 97.2 Å². The number of hydrogen-bond donors (Lipinski definition) is 8. The van der Waals surface area contributed by atoms with Crippen molar-refractivity contribution in [2.75, 3.05) is 0 Å². The maximum atomic E-state index is 10.0.